The molecule has 0 spiro atoms. The number of aryl methyl sites for hydroxylation is 2. The number of carbonyl (C=O) groups excluding carboxylic acids is 1. The Bertz CT molecular complexity index is 1190. The number of hydrogen-bond acceptors (Lipinski definition) is 6. The van der Waals surface area contributed by atoms with Gasteiger partial charge in [0.05, 0.1) is 21.7 Å². The zero-order valence-corrected chi connectivity index (χ0v) is 17.6. The average Bonchev–Trinajstić information content (AvgIpc) is 3.06. The van der Waals surface area contributed by atoms with E-state index in [2.05, 4.69) is 20.3 Å². The van der Waals surface area contributed by atoms with E-state index in [1.807, 2.05) is 0 Å². The first-order valence-corrected chi connectivity index (χ1v) is 11.1. The fourth-order valence-corrected chi connectivity index (χ4v) is 5.39. The molecule has 0 bridgehead atoms. The summed E-state index contributed by atoms with van der Waals surface area (Å²) in [5.74, 6) is -0.834. The minimum atomic E-state index is -4.58. The molecular weight excluding hydrogens is 461 g/mol. The fraction of sp³-hybridized carbons (Fsp3) is 0.333. The van der Waals surface area contributed by atoms with E-state index in [0.29, 0.717) is 27.6 Å². The summed E-state index contributed by atoms with van der Waals surface area (Å²) < 4.78 is 38.0. The molecule has 6 nitrogen and oxygen atoms in total. The van der Waals surface area contributed by atoms with Gasteiger partial charge in [-0.1, -0.05) is 23.4 Å². The van der Waals surface area contributed by atoms with Gasteiger partial charge in [-0.15, -0.1) is 11.3 Å². The summed E-state index contributed by atoms with van der Waals surface area (Å²) in [5, 5.41) is 2.97. The molecule has 0 aromatic carbocycles. The Hall–Kier alpha value is -2.11. The van der Waals surface area contributed by atoms with E-state index in [-0.39, 0.29) is 22.2 Å². The highest BCUT2D eigenvalue weighted by atomic mass is 35.5. The van der Waals surface area contributed by atoms with Crippen molar-refractivity contribution < 1.29 is 18.0 Å². The molecule has 12 heteroatoms. The van der Waals surface area contributed by atoms with E-state index in [1.165, 1.54) is 16.2 Å². The van der Waals surface area contributed by atoms with Crippen molar-refractivity contribution in [3.05, 3.63) is 43.6 Å². The van der Waals surface area contributed by atoms with Crippen LogP contribution in [0.2, 0.25) is 5.02 Å². The number of aromatic nitrogens is 3. The molecule has 1 aliphatic carbocycles. The molecule has 0 unspecified atom stereocenters. The molecule has 1 amide bonds. The van der Waals surface area contributed by atoms with Crippen LogP contribution in [0.4, 0.5) is 19.0 Å². The molecule has 0 aliphatic heterocycles. The number of thiophene rings is 1. The largest absolute Gasteiger partial charge is 0.417 e. The maximum Gasteiger partial charge on any atom is 0.417 e. The smallest absolute Gasteiger partial charge is 0.309 e. The van der Waals surface area contributed by atoms with Gasteiger partial charge in [0.2, 0.25) is 5.91 Å². The number of thioether (sulfide) groups is 1. The van der Waals surface area contributed by atoms with Gasteiger partial charge in [0.15, 0.2) is 11.0 Å². The SMILES string of the molecule is O=C(CSc1nc2sc3c(c2c(=O)[nH]1)CCCC3)Nc1ncc(C(F)(F)F)cc1Cl. The lowest BCUT2D eigenvalue weighted by atomic mass is 9.97. The van der Waals surface area contributed by atoms with Crippen LogP contribution in [0.3, 0.4) is 0 Å². The van der Waals surface area contributed by atoms with E-state index in [0.717, 1.165) is 43.0 Å². The van der Waals surface area contributed by atoms with Gasteiger partial charge in [-0.2, -0.15) is 13.2 Å². The van der Waals surface area contributed by atoms with Gasteiger partial charge in [0.1, 0.15) is 4.83 Å². The molecular formula is C18H14ClF3N4O2S2. The summed E-state index contributed by atoms with van der Waals surface area (Å²) in [5.41, 5.74) is -0.157. The Morgan fingerprint density at radius 1 is 1.33 bits per heavy atom. The number of nitrogens with zero attached hydrogens (tertiary/aromatic N) is 2. The van der Waals surface area contributed by atoms with E-state index in [9.17, 15) is 22.8 Å². The summed E-state index contributed by atoms with van der Waals surface area (Å²) in [7, 11) is 0. The van der Waals surface area contributed by atoms with Crippen LogP contribution < -0.4 is 10.9 Å². The minimum Gasteiger partial charge on any atom is -0.309 e. The third kappa shape index (κ3) is 4.33. The number of hydrogen-bond donors (Lipinski definition) is 2. The predicted octanol–water partition coefficient (Wildman–Crippen LogP) is 4.66. The summed E-state index contributed by atoms with van der Waals surface area (Å²) in [6.07, 6.45) is -0.0145. The van der Waals surface area contributed by atoms with Crippen molar-refractivity contribution >= 4 is 56.6 Å². The minimum absolute atomic E-state index is 0.126. The number of anilines is 1. The van der Waals surface area contributed by atoms with Gasteiger partial charge in [0, 0.05) is 11.1 Å². The first-order valence-electron chi connectivity index (χ1n) is 8.92. The lowest BCUT2D eigenvalue weighted by Crippen LogP contribution is -2.17. The van der Waals surface area contributed by atoms with Crippen LogP contribution in [-0.4, -0.2) is 26.6 Å². The molecule has 158 valence electrons. The number of amides is 1. The Morgan fingerprint density at radius 2 is 2.10 bits per heavy atom. The molecule has 4 rings (SSSR count). The van der Waals surface area contributed by atoms with E-state index in [1.54, 1.807) is 0 Å². The summed E-state index contributed by atoms with van der Waals surface area (Å²) in [6, 6.07) is 0.697. The van der Waals surface area contributed by atoms with Gasteiger partial charge >= 0.3 is 6.18 Å². The van der Waals surface area contributed by atoms with Crippen LogP contribution in [0, 0.1) is 0 Å². The first-order chi connectivity index (χ1) is 14.2. The number of nitrogens with one attached hydrogen (secondary N) is 2. The average molecular weight is 475 g/mol. The zero-order chi connectivity index (χ0) is 21.5. The number of aromatic amines is 1. The normalized spacial score (nSPS) is 14.0. The lowest BCUT2D eigenvalue weighted by molar-refractivity contribution is -0.137. The molecule has 0 saturated carbocycles. The molecule has 0 radical (unpaired) electrons. The van der Waals surface area contributed by atoms with E-state index >= 15 is 0 Å². The Labute approximate surface area is 181 Å². The maximum atomic E-state index is 12.7. The predicted molar refractivity (Wildman–Crippen MR) is 110 cm³/mol. The van der Waals surface area contributed by atoms with Crippen molar-refractivity contribution in [1.82, 2.24) is 15.0 Å². The van der Waals surface area contributed by atoms with Crippen LogP contribution in [-0.2, 0) is 23.8 Å². The first kappa shape index (κ1) is 21.1. The Morgan fingerprint density at radius 3 is 2.83 bits per heavy atom. The number of fused-ring (bicyclic) bond motifs is 3. The van der Waals surface area contributed by atoms with Gasteiger partial charge < -0.3 is 10.3 Å². The van der Waals surface area contributed by atoms with Crippen molar-refractivity contribution in [3.8, 4) is 0 Å². The fourth-order valence-electron chi connectivity index (χ4n) is 3.20. The second-order valence-corrected chi connectivity index (χ2v) is 9.11. The Balaban J connectivity index is 1.45. The van der Waals surface area contributed by atoms with E-state index in [4.69, 9.17) is 11.6 Å². The highest BCUT2D eigenvalue weighted by Crippen LogP contribution is 2.34. The van der Waals surface area contributed by atoms with E-state index < -0.39 is 17.6 Å². The Kier molecular flexibility index (Phi) is 5.78. The topological polar surface area (TPSA) is 87.7 Å². The molecule has 3 aromatic heterocycles. The number of pyridine rings is 1. The van der Waals surface area contributed by atoms with Crippen LogP contribution >= 0.6 is 34.7 Å². The maximum absolute atomic E-state index is 12.7. The van der Waals surface area contributed by atoms with Crippen LogP contribution in [0.25, 0.3) is 10.2 Å². The van der Waals surface area contributed by atoms with Crippen LogP contribution in [0.1, 0.15) is 28.8 Å². The van der Waals surface area contributed by atoms with Crippen LogP contribution in [0.15, 0.2) is 22.2 Å². The van der Waals surface area contributed by atoms with Crippen molar-refractivity contribution in [1.29, 1.82) is 0 Å². The monoisotopic (exact) mass is 474 g/mol. The van der Waals surface area contributed by atoms with Crippen molar-refractivity contribution in [2.24, 2.45) is 0 Å². The van der Waals surface area contributed by atoms with Gasteiger partial charge in [-0.3, -0.25) is 9.59 Å². The molecule has 30 heavy (non-hydrogen) atoms. The molecule has 0 saturated heterocycles. The van der Waals surface area contributed by atoms with Gasteiger partial charge in [0.25, 0.3) is 5.56 Å². The molecule has 0 atom stereocenters. The number of alkyl halides is 3. The van der Waals surface area contributed by atoms with Crippen molar-refractivity contribution in [2.75, 3.05) is 11.1 Å². The third-order valence-electron chi connectivity index (χ3n) is 4.57. The highest BCUT2D eigenvalue weighted by molar-refractivity contribution is 7.99. The zero-order valence-electron chi connectivity index (χ0n) is 15.2. The second-order valence-electron chi connectivity index (χ2n) is 6.65. The number of rotatable bonds is 4. The number of H-pyrrole nitrogens is 1. The molecule has 3 heterocycles. The quantitative estimate of drug-likeness (QED) is 0.424. The second kappa shape index (κ2) is 8.20. The lowest BCUT2D eigenvalue weighted by Gasteiger charge is -2.10. The summed E-state index contributed by atoms with van der Waals surface area (Å²) in [4.78, 5) is 37.2. The van der Waals surface area contributed by atoms with Gasteiger partial charge in [-0.25, -0.2) is 9.97 Å². The highest BCUT2D eigenvalue weighted by Gasteiger charge is 2.31. The summed E-state index contributed by atoms with van der Waals surface area (Å²) in [6.45, 7) is 0. The molecule has 0 fully saturated rings. The molecule has 3 aromatic rings. The van der Waals surface area contributed by atoms with Crippen LogP contribution in [0.5, 0.6) is 0 Å². The standard InChI is InChI=1S/C18H14ClF3N4O2S2/c19-10-5-8(18(20,21)22)6-23-14(10)24-12(27)7-29-17-25-15(28)13-9-3-1-2-4-11(9)30-16(13)26-17/h5-6H,1-4,7H2,(H,23,24,27)(H,25,26,28). The van der Waals surface area contributed by atoms with Crippen molar-refractivity contribution in [3.63, 3.8) is 0 Å². The van der Waals surface area contributed by atoms with Crippen molar-refractivity contribution in [2.45, 2.75) is 37.0 Å². The molecule has 2 N–H and O–H groups in total. The number of carbonyl (C=O) groups is 1. The molecule has 1 aliphatic rings. The summed E-state index contributed by atoms with van der Waals surface area (Å²) >= 11 is 8.31. The number of halogens is 4. The van der Waals surface area contributed by atoms with Gasteiger partial charge in [-0.05, 0) is 37.3 Å². The third-order valence-corrected chi connectivity index (χ3v) is 6.92.